The van der Waals surface area contributed by atoms with Crippen molar-refractivity contribution in [2.75, 3.05) is 0 Å². The van der Waals surface area contributed by atoms with Crippen LogP contribution in [-0.4, -0.2) is 4.98 Å². The molecule has 0 unspecified atom stereocenters. The van der Waals surface area contributed by atoms with E-state index < -0.39 is 0 Å². The number of hydrogen-bond donors (Lipinski definition) is 0. The highest BCUT2D eigenvalue weighted by Gasteiger charge is 2.13. The number of fused-ring (bicyclic) bond motifs is 1. The monoisotopic (exact) mass is 383 g/mol. The Morgan fingerprint density at radius 2 is 1.31 bits per heavy atom. The molecule has 0 aliphatic carbocycles. The van der Waals surface area contributed by atoms with Gasteiger partial charge in [0.05, 0.1) is 5.69 Å². The zero-order valence-corrected chi connectivity index (χ0v) is 18.2. The highest BCUT2D eigenvalue weighted by atomic mass is 16.3. The standard InChI is InChI=1S/C27H29NO/c1-16(2)20-12-21(17(3)4)14-23(13-20)27-15-25-26(29-27)8-7-24(28-25)22-10-18(5)9-19(6)11-22/h7-17H,1-6H3. The molecule has 2 heterocycles. The third-order valence-electron chi connectivity index (χ3n) is 5.49. The average molecular weight is 384 g/mol. The maximum absolute atomic E-state index is 6.20. The Balaban J connectivity index is 1.80. The number of hydrogen-bond acceptors (Lipinski definition) is 2. The number of nitrogens with zero attached hydrogens (tertiary/aromatic N) is 1. The first kappa shape index (κ1) is 19.4. The van der Waals surface area contributed by atoms with Crippen molar-refractivity contribution in [1.29, 1.82) is 0 Å². The number of rotatable bonds is 4. The number of pyridine rings is 1. The second kappa shape index (κ2) is 7.51. The molecule has 0 aliphatic heterocycles. The normalized spacial score (nSPS) is 11.7. The SMILES string of the molecule is Cc1cc(C)cc(-c2ccc3oc(-c4cc(C(C)C)cc(C(C)C)c4)cc3n2)c1. The summed E-state index contributed by atoms with van der Waals surface area (Å²) in [5.41, 5.74) is 10.2. The zero-order chi connectivity index (χ0) is 20.7. The molecule has 0 aliphatic rings. The molecule has 0 amide bonds. The molecule has 0 N–H and O–H groups in total. The molecule has 0 spiro atoms. The van der Waals surface area contributed by atoms with E-state index >= 15 is 0 Å². The van der Waals surface area contributed by atoms with Crippen LogP contribution in [0.25, 0.3) is 33.7 Å². The van der Waals surface area contributed by atoms with Gasteiger partial charge >= 0.3 is 0 Å². The van der Waals surface area contributed by atoms with Crippen LogP contribution in [0.15, 0.2) is 59.0 Å². The van der Waals surface area contributed by atoms with Crippen LogP contribution in [0, 0.1) is 13.8 Å². The molecule has 2 nitrogen and oxygen atoms in total. The lowest BCUT2D eigenvalue weighted by atomic mass is 9.92. The van der Waals surface area contributed by atoms with Gasteiger partial charge in [-0.1, -0.05) is 51.0 Å². The van der Waals surface area contributed by atoms with Gasteiger partial charge in [-0.15, -0.1) is 0 Å². The zero-order valence-electron chi connectivity index (χ0n) is 18.2. The van der Waals surface area contributed by atoms with Crippen LogP contribution in [0.2, 0.25) is 0 Å². The van der Waals surface area contributed by atoms with Crippen LogP contribution in [-0.2, 0) is 0 Å². The summed E-state index contributed by atoms with van der Waals surface area (Å²) in [6.07, 6.45) is 0. The van der Waals surface area contributed by atoms with E-state index in [4.69, 9.17) is 9.40 Å². The first-order valence-corrected chi connectivity index (χ1v) is 10.4. The maximum atomic E-state index is 6.20. The minimum absolute atomic E-state index is 0.478. The van der Waals surface area contributed by atoms with Gasteiger partial charge in [0, 0.05) is 17.2 Å². The molecule has 0 bridgehead atoms. The molecule has 0 radical (unpaired) electrons. The van der Waals surface area contributed by atoms with Crippen molar-refractivity contribution in [3.63, 3.8) is 0 Å². The summed E-state index contributed by atoms with van der Waals surface area (Å²) in [4.78, 5) is 4.90. The average Bonchev–Trinajstić information content (AvgIpc) is 3.10. The molecule has 148 valence electrons. The summed E-state index contributed by atoms with van der Waals surface area (Å²) >= 11 is 0. The van der Waals surface area contributed by atoms with Crippen molar-refractivity contribution >= 4 is 11.1 Å². The molecule has 2 aromatic carbocycles. The predicted octanol–water partition coefficient (Wildman–Crippen LogP) is 8.03. The second-order valence-corrected chi connectivity index (χ2v) is 8.76. The van der Waals surface area contributed by atoms with E-state index in [1.54, 1.807) is 0 Å². The molecule has 29 heavy (non-hydrogen) atoms. The summed E-state index contributed by atoms with van der Waals surface area (Å²) in [5.74, 6) is 1.84. The van der Waals surface area contributed by atoms with Gasteiger partial charge in [0.15, 0.2) is 5.58 Å². The molecular formula is C27H29NO. The summed E-state index contributed by atoms with van der Waals surface area (Å²) in [7, 11) is 0. The summed E-state index contributed by atoms with van der Waals surface area (Å²) < 4.78 is 6.20. The molecule has 0 atom stereocenters. The summed E-state index contributed by atoms with van der Waals surface area (Å²) in [6.45, 7) is 13.2. The largest absolute Gasteiger partial charge is 0.454 e. The fourth-order valence-corrected chi connectivity index (χ4v) is 3.84. The number of furan rings is 1. The van der Waals surface area contributed by atoms with E-state index in [-0.39, 0.29) is 0 Å². The van der Waals surface area contributed by atoms with Gasteiger partial charge in [0.1, 0.15) is 11.3 Å². The van der Waals surface area contributed by atoms with Gasteiger partial charge in [0.2, 0.25) is 0 Å². The maximum Gasteiger partial charge on any atom is 0.153 e. The van der Waals surface area contributed by atoms with E-state index in [9.17, 15) is 0 Å². The van der Waals surface area contributed by atoms with Crippen LogP contribution < -0.4 is 0 Å². The molecule has 0 saturated heterocycles. The van der Waals surface area contributed by atoms with Crippen LogP contribution in [0.3, 0.4) is 0 Å². The van der Waals surface area contributed by atoms with Crippen molar-refractivity contribution in [3.05, 3.63) is 76.9 Å². The smallest absolute Gasteiger partial charge is 0.153 e. The highest BCUT2D eigenvalue weighted by molar-refractivity contribution is 5.82. The molecule has 2 heteroatoms. The lowest BCUT2D eigenvalue weighted by molar-refractivity contribution is 0.630. The topological polar surface area (TPSA) is 26.0 Å². The molecule has 4 aromatic rings. The molecule has 0 saturated carbocycles. The lowest BCUT2D eigenvalue weighted by Gasteiger charge is -2.13. The minimum Gasteiger partial charge on any atom is -0.454 e. The first-order chi connectivity index (χ1) is 13.8. The predicted molar refractivity (Wildman–Crippen MR) is 123 cm³/mol. The molecule has 0 fully saturated rings. The Bertz CT molecular complexity index is 1130. The second-order valence-electron chi connectivity index (χ2n) is 8.76. The fourth-order valence-electron chi connectivity index (χ4n) is 3.84. The third kappa shape index (κ3) is 3.98. The van der Waals surface area contributed by atoms with Crippen molar-refractivity contribution in [2.45, 2.75) is 53.4 Å². The van der Waals surface area contributed by atoms with Gasteiger partial charge in [-0.25, -0.2) is 4.98 Å². The molecule has 4 rings (SSSR count). The van der Waals surface area contributed by atoms with Crippen molar-refractivity contribution < 1.29 is 4.42 Å². The molecule has 2 aromatic heterocycles. The van der Waals surface area contributed by atoms with E-state index in [1.165, 1.54) is 22.3 Å². The molecular weight excluding hydrogens is 354 g/mol. The van der Waals surface area contributed by atoms with E-state index in [1.807, 2.05) is 12.1 Å². The van der Waals surface area contributed by atoms with Crippen molar-refractivity contribution in [2.24, 2.45) is 0 Å². The Morgan fingerprint density at radius 3 is 1.90 bits per heavy atom. The Morgan fingerprint density at radius 1 is 0.690 bits per heavy atom. The number of benzene rings is 2. The number of aryl methyl sites for hydroxylation is 2. The lowest BCUT2D eigenvalue weighted by Crippen LogP contribution is -1.94. The Kier molecular flexibility index (Phi) is 5.04. The van der Waals surface area contributed by atoms with Crippen LogP contribution in [0.1, 0.15) is 61.8 Å². The number of aromatic nitrogens is 1. The van der Waals surface area contributed by atoms with Crippen LogP contribution in [0.4, 0.5) is 0 Å². The van der Waals surface area contributed by atoms with Gasteiger partial charge in [-0.3, -0.25) is 0 Å². The van der Waals surface area contributed by atoms with Crippen molar-refractivity contribution in [1.82, 2.24) is 4.98 Å². The van der Waals surface area contributed by atoms with Crippen molar-refractivity contribution in [3.8, 4) is 22.6 Å². The summed E-state index contributed by atoms with van der Waals surface area (Å²) in [6, 6.07) is 19.5. The van der Waals surface area contributed by atoms with Crippen LogP contribution >= 0.6 is 0 Å². The van der Waals surface area contributed by atoms with Crippen LogP contribution in [0.5, 0.6) is 0 Å². The Hall–Kier alpha value is -2.87. The third-order valence-corrected chi connectivity index (χ3v) is 5.49. The summed E-state index contributed by atoms with van der Waals surface area (Å²) in [5, 5.41) is 0. The van der Waals surface area contributed by atoms with Gasteiger partial charge < -0.3 is 4.42 Å². The van der Waals surface area contributed by atoms with E-state index in [0.717, 1.165) is 33.7 Å². The van der Waals surface area contributed by atoms with Gasteiger partial charge in [0.25, 0.3) is 0 Å². The van der Waals surface area contributed by atoms with E-state index in [0.29, 0.717) is 11.8 Å². The van der Waals surface area contributed by atoms with Gasteiger partial charge in [-0.05, 0) is 73.2 Å². The quantitative estimate of drug-likeness (QED) is 0.356. The van der Waals surface area contributed by atoms with Gasteiger partial charge in [-0.2, -0.15) is 0 Å². The highest BCUT2D eigenvalue weighted by Crippen LogP contribution is 2.33. The Labute approximate surface area is 173 Å². The fraction of sp³-hybridized carbons (Fsp3) is 0.296. The minimum atomic E-state index is 0.478. The van der Waals surface area contributed by atoms with E-state index in [2.05, 4.69) is 84.0 Å². The first-order valence-electron chi connectivity index (χ1n) is 10.4.